The summed E-state index contributed by atoms with van der Waals surface area (Å²) in [5.41, 5.74) is 3.19. The minimum absolute atomic E-state index is 0.167. The topological polar surface area (TPSA) is 73.8 Å². The Hall–Kier alpha value is -2.40. The molecule has 20 heavy (non-hydrogen) atoms. The normalized spacial score (nSPS) is 10.8. The van der Waals surface area contributed by atoms with Crippen LogP contribution in [0.1, 0.15) is 6.42 Å². The molecule has 3 rings (SSSR count). The fraction of sp³-hybridized carbons (Fsp3) is 0.200. The van der Waals surface area contributed by atoms with E-state index in [4.69, 9.17) is 5.11 Å². The van der Waals surface area contributed by atoms with E-state index >= 15 is 0 Å². The number of aromatic nitrogens is 3. The molecule has 5 nitrogen and oxygen atoms in total. The molecule has 2 aromatic heterocycles. The van der Waals surface area contributed by atoms with Gasteiger partial charge in [0, 0.05) is 53.8 Å². The van der Waals surface area contributed by atoms with Gasteiger partial charge in [0.25, 0.3) is 0 Å². The number of nitrogens with one attached hydrogen (secondary N) is 2. The molecule has 0 saturated carbocycles. The molecule has 0 aliphatic heterocycles. The fourth-order valence-electron chi connectivity index (χ4n) is 2.15. The lowest BCUT2D eigenvalue weighted by atomic mass is 10.1. The van der Waals surface area contributed by atoms with Crippen LogP contribution in [0.5, 0.6) is 0 Å². The number of aliphatic hydroxyl groups is 1. The molecular weight excluding hydrogens is 252 g/mol. The molecule has 0 saturated heterocycles. The van der Waals surface area contributed by atoms with E-state index in [1.165, 1.54) is 0 Å². The average molecular weight is 268 g/mol. The van der Waals surface area contributed by atoms with Crippen LogP contribution in [0.15, 0.2) is 42.9 Å². The van der Waals surface area contributed by atoms with Gasteiger partial charge >= 0.3 is 0 Å². The van der Waals surface area contributed by atoms with Crippen LogP contribution in [0.25, 0.3) is 22.0 Å². The first kappa shape index (κ1) is 12.6. The van der Waals surface area contributed by atoms with Gasteiger partial charge in [0.1, 0.15) is 0 Å². The molecule has 0 atom stereocenters. The van der Waals surface area contributed by atoms with Crippen molar-refractivity contribution in [1.29, 1.82) is 0 Å². The lowest BCUT2D eigenvalue weighted by molar-refractivity contribution is 0.292. The van der Waals surface area contributed by atoms with Crippen molar-refractivity contribution in [3.05, 3.63) is 42.9 Å². The zero-order valence-corrected chi connectivity index (χ0v) is 11.0. The van der Waals surface area contributed by atoms with Gasteiger partial charge < -0.3 is 15.4 Å². The third-order valence-electron chi connectivity index (χ3n) is 3.17. The molecule has 0 fully saturated rings. The molecule has 1 aromatic carbocycles. The van der Waals surface area contributed by atoms with Crippen LogP contribution < -0.4 is 5.32 Å². The Labute approximate surface area is 116 Å². The number of nitrogens with zero attached hydrogens (tertiary/aromatic N) is 2. The van der Waals surface area contributed by atoms with Gasteiger partial charge in [0.2, 0.25) is 5.95 Å². The molecule has 0 spiro atoms. The Morgan fingerprint density at radius 2 is 1.95 bits per heavy atom. The molecule has 3 N–H and O–H groups in total. The molecule has 0 bridgehead atoms. The molecule has 0 aliphatic carbocycles. The van der Waals surface area contributed by atoms with E-state index in [-0.39, 0.29) is 6.61 Å². The average Bonchev–Trinajstić information content (AvgIpc) is 2.92. The number of anilines is 1. The van der Waals surface area contributed by atoms with E-state index < -0.39 is 0 Å². The maximum atomic E-state index is 8.73. The largest absolute Gasteiger partial charge is 0.396 e. The fourth-order valence-corrected chi connectivity index (χ4v) is 2.15. The van der Waals surface area contributed by atoms with E-state index in [9.17, 15) is 0 Å². The maximum absolute atomic E-state index is 8.73. The number of aliphatic hydroxyl groups excluding tert-OH is 1. The van der Waals surface area contributed by atoms with E-state index in [2.05, 4.69) is 26.3 Å². The monoisotopic (exact) mass is 268 g/mol. The molecule has 102 valence electrons. The second-order valence-corrected chi connectivity index (χ2v) is 4.55. The lowest BCUT2D eigenvalue weighted by Crippen LogP contribution is -2.06. The van der Waals surface area contributed by atoms with Gasteiger partial charge in [0.05, 0.1) is 0 Å². The number of benzene rings is 1. The lowest BCUT2D eigenvalue weighted by Gasteiger charge is -2.04. The highest BCUT2D eigenvalue weighted by atomic mass is 16.3. The van der Waals surface area contributed by atoms with E-state index in [0.717, 1.165) is 22.0 Å². The molecule has 0 radical (unpaired) electrons. The van der Waals surface area contributed by atoms with Crippen LogP contribution >= 0.6 is 0 Å². The molecule has 5 heteroatoms. The summed E-state index contributed by atoms with van der Waals surface area (Å²) in [6, 6.07) is 8.15. The van der Waals surface area contributed by atoms with Gasteiger partial charge in [-0.1, -0.05) is 18.2 Å². The number of rotatable bonds is 5. The number of aromatic amines is 1. The second-order valence-electron chi connectivity index (χ2n) is 4.55. The van der Waals surface area contributed by atoms with Gasteiger partial charge in [-0.25, -0.2) is 9.97 Å². The third kappa shape index (κ3) is 2.48. The standard InChI is InChI=1S/C15H16N4O/c20-7-3-6-16-15-18-8-11(9-19-15)13-10-17-14-5-2-1-4-12(13)14/h1-2,4-5,8-10,17,20H,3,6-7H2,(H,16,18,19). The van der Waals surface area contributed by atoms with Crippen LogP contribution in [-0.4, -0.2) is 33.2 Å². The van der Waals surface area contributed by atoms with Crippen LogP contribution in [-0.2, 0) is 0 Å². The second kappa shape index (κ2) is 5.71. The van der Waals surface area contributed by atoms with Crippen molar-refractivity contribution in [2.24, 2.45) is 0 Å². The summed E-state index contributed by atoms with van der Waals surface area (Å²) in [7, 11) is 0. The Bertz CT molecular complexity index is 690. The molecule has 3 aromatic rings. The molecular formula is C15H16N4O. The first-order valence-corrected chi connectivity index (χ1v) is 6.62. The quantitative estimate of drug-likeness (QED) is 0.621. The van der Waals surface area contributed by atoms with Gasteiger partial charge in [-0.05, 0) is 12.5 Å². The minimum atomic E-state index is 0.167. The van der Waals surface area contributed by atoms with Crippen molar-refractivity contribution in [2.45, 2.75) is 6.42 Å². The summed E-state index contributed by atoms with van der Waals surface area (Å²) in [5.74, 6) is 0.585. The van der Waals surface area contributed by atoms with Crippen molar-refractivity contribution in [3.63, 3.8) is 0 Å². The number of H-pyrrole nitrogens is 1. The summed E-state index contributed by atoms with van der Waals surface area (Å²) >= 11 is 0. The van der Waals surface area contributed by atoms with Gasteiger partial charge in [-0.3, -0.25) is 0 Å². The smallest absolute Gasteiger partial charge is 0.222 e. The Morgan fingerprint density at radius 3 is 2.75 bits per heavy atom. The Morgan fingerprint density at radius 1 is 1.15 bits per heavy atom. The van der Waals surface area contributed by atoms with E-state index in [1.54, 1.807) is 0 Å². The maximum Gasteiger partial charge on any atom is 0.222 e. The molecule has 0 unspecified atom stereocenters. The van der Waals surface area contributed by atoms with Crippen molar-refractivity contribution in [2.75, 3.05) is 18.5 Å². The number of para-hydroxylation sites is 1. The van der Waals surface area contributed by atoms with E-state index in [1.807, 2.05) is 36.8 Å². The predicted molar refractivity (Wildman–Crippen MR) is 79.5 cm³/mol. The van der Waals surface area contributed by atoms with Gasteiger partial charge in [-0.15, -0.1) is 0 Å². The van der Waals surface area contributed by atoms with Crippen molar-refractivity contribution >= 4 is 16.9 Å². The molecule has 0 amide bonds. The highest BCUT2D eigenvalue weighted by molar-refractivity contribution is 5.95. The first-order valence-electron chi connectivity index (χ1n) is 6.62. The predicted octanol–water partition coefficient (Wildman–Crippen LogP) is 2.42. The molecule has 2 heterocycles. The summed E-state index contributed by atoms with van der Waals surface area (Å²) in [5, 5.41) is 13.0. The SMILES string of the molecule is OCCCNc1ncc(-c2c[nH]c3ccccc23)cn1. The zero-order chi connectivity index (χ0) is 13.8. The van der Waals surface area contributed by atoms with Crippen LogP contribution in [0.2, 0.25) is 0 Å². The number of fused-ring (bicyclic) bond motifs is 1. The number of hydrogen-bond donors (Lipinski definition) is 3. The van der Waals surface area contributed by atoms with Crippen LogP contribution in [0, 0.1) is 0 Å². The zero-order valence-electron chi connectivity index (χ0n) is 11.0. The van der Waals surface area contributed by atoms with Crippen LogP contribution in [0.4, 0.5) is 5.95 Å². The van der Waals surface area contributed by atoms with Crippen LogP contribution in [0.3, 0.4) is 0 Å². The van der Waals surface area contributed by atoms with Gasteiger partial charge in [-0.2, -0.15) is 0 Å². The highest BCUT2D eigenvalue weighted by Gasteiger charge is 2.06. The molecule has 0 aliphatic rings. The van der Waals surface area contributed by atoms with Crippen molar-refractivity contribution in [1.82, 2.24) is 15.0 Å². The first-order chi connectivity index (χ1) is 9.88. The van der Waals surface area contributed by atoms with Crippen molar-refractivity contribution in [3.8, 4) is 11.1 Å². The Balaban J connectivity index is 1.84. The summed E-state index contributed by atoms with van der Waals surface area (Å²) in [4.78, 5) is 11.8. The summed E-state index contributed by atoms with van der Waals surface area (Å²) in [6.45, 7) is 0.837. The van der Waals surface area contributed by atoms with Crippen molar-refractivity contribution < 1.29 is 5.11 Å². The number of hydrogen-bond acceptors (Lipinski definition) is 4. The highest BCUT2D eigenvalue weighted by Crippen LogP contribution is 2.27. The summed E-state index contributed by atoms with van der Waals surface area (Å²) in [6.07, 6.45) is 6.28. The van der Waals surface area contributed by atoms with Gasteiger partial charge in [0.15, 0.2) is 0 Å². The minimum Gasteiger partial charge on any atom is -0.396 e. The summed E-state index contributed by atoms with van der Waals surface area (Å²) < 4.78 is 0. The van der Waals surface area contributed by atoms with E-state index in [0.29, 0.717) is 18.9 Å². The Kier molecular flexibility index (Phi) is 3.60. The third-order valence-corrected chi connectivity index (χ3v) is 3.17.